The van der Waals surface area contributed by atoms with Crippen molar-refractivity contribution in [3.8, 4) is 5.75 Å². The van der Waals surface area contributed by atoms with E-state index in [0.29, 0.717) is 29.9 Å². The van der Waals surface area contributed by atoms with Crippen LogP contribution < -0.4 is 21.1 Å². The zero-order chi connectivity index (χ0) is 19.6. The van der Waals surface area contributed by atoms with Gasteiger partial charge in [0.15, 0.2) is 5.96 Å². The smallest absolute Gasteiger partial charge is 0.231 e. The minimum absolute atomic E-state index is 0.0993. The fourth-order valence-corrected chi connectivity index (χ4v) is 3.16. The Morgan fingerprint density at radius 2 is 2.11 bits per heavy atom. The minimum Gasteiger partial charge on any atom is -0.487 e. The van der Waals surface area contributed by atoms with E-state index in [1.54, 1.807) is 0 Å². The summed E-state index contributed by atoms with van der Waals surface area (Å²) in [5, 5.41) is 7.35. The van der Waals surface area contributed by atoms with Crippen LogP contribution in [0.5, 0.6) is 5.75 Å². The third-order valence-electron chi connectivity index (χ3n) is 4.32. The second-order valence-electron chi connectivity index (χ2n) is 6.74. The molecule has 0 bridgehead atoms. The average molecular weight is 396 g/mol. The lowest BCUT2D eigenvalue weighted by Crippen LogP contribution is -2.50. The summed E-state index contributed by atoms with van der Waals surface area (Å²) in [6, 6.07) is 7.76. The van der Waals surface area contributed by atoms with Crippen molar-refractivity contribution in [1.82, 2.24) is 15.5 Å². The van der Waals surface area contributed by atoms with Gasteiger partial charge in [0.05, 0.1) is 18.1 Å². The number of rotatable bonds is 8. The molecule has 7 nitrogen and oxygen atoms in total. The molecule has 2 rings (SSSR count). The first-order valence-corrected chi connectivity index (χ1v) is 9.82. The maximum Gasteiger partial charge on any atom is 0.231 e. The number of halogens is 1. The van der Waals surface area contributed by atoms with Crippen LogP contribution >= 0.6 is 11.6 Å². The highest BCUT2D eigenvalue weighted by atomic mass is 35.5. The van der Waals surface area contributed by atoms with Crippen molar-refractivity contribution >= 4 is 23.5 Å². The van der Waals surface area contributed by atoms with Crippen molar-refractivity contribution in [2.75, 3.05) is 32.7 Å². The Kier molecular flexibility index (Phi) is 8.67. The van der Waals surface area contributed by atoms with Gasteiger partial charge in [0.25, 0.3) is 0 Å². The number of piperidine rings is 1. The molecule has 0 aromatic heterocycles. The number of likely N-dealkylation sites (tertiary alicyclic amines) is 1. The minimum atomic E-state index is -0.274. The van der Waals surface area contributed by atoms with Crippen LogP contribution in [0.2, 0.25) is 5.02 Å². The van der Waals surface area contributed by atoms with E-state index in [0.717, 1.165) is 38.4 Å². The van der Waals surface area contributed by atoms with Crippen LogP contribution in [-0.4, -0.2) is 61.6 Å². The number of amides is 1. The van der Waals surface area contributed by atoms with E-state index >= 15 is 0 Å². The molecule has 4 N–H and O–H groups in total. The Hall–Kier alpha value is -1.99. The zero-order valence-corrected chi connectivity index (χ0v) is 16.8. The van der Waals surface area contributed by atoms with E-state index in [-0.39, 0.29) is 12.0 Å². The number of nitrogens with zero attached hydrogens (tertiary/aromatic N) is 2. The van der Waals surface area contributed by atoms with Gasteiger partial charge < -0.3 is 21.1 Å². The van der Waals surface area contributed by atoms with Crippen LogP contribution in [0.1, 0.15) is 26.7 Å². The van der Waals surface area contributed by atoms with Crippen LogP contribution in [0.3, 0.4) is 0 Å². The number of para-hydroxylation sites is 1. The Labute approximate surface area is 166 Å². The van der Waals surface area contributed by atoms with Crippen LogP contribution in [0.15, 0.2) is 29.3 Å². The molecule has 0 spiro atoms. The van der Waals surface area contributed by atoms with Gasteiger partial charge in [0.2, 0.25) is 5.91 Å². The number of nitrogens with one attached hydrogen (secondary N) is 2. The normalized spacial score (nSPS) is 17.4. The lowest BCUT2D eigenvalue weighted by molar-refractivity contribution is -0.119. The maximum absolute atomic E-state index is 11.0. The monoisotopic (exact) mass is 395 g/mol. The number of primary amides is 1. The molecule has 0 saturated carbocycles. The Balaban J connectivity index is 1.83. The highest BCUT2D eigenvalue weighted by Gasteiger charge is 2.21. The number of nitrogens with two attached hydrogens (primary N) is 1. The van der Waals surface area contributed by atoms with Gasteiger partial charge in [-0.3, -0.25) is 9.69 Å². The molecule has 1 unspecified atom stereocenters. The predicted molar refractivity (Wildman–Crippen MR) is 109 cm³/mol. The lowest BCUT2D eigenvalue weighted by Gasteiger charge is -2.32. The zero-order valence-electron chi connectivity index (χ0n) is 16.1. The molecule has 1 aliphatic rings. The van der Waals surface area contributed by atoms with E-state index in [1.807, 2.05) is 38.1 Å². The molecule has 1 aromatic rings. The molecule has 1 saturated heterocycles. The molecular formula is C19H30ClN5O2. The van der Waals surface area contributed by atoms with E-state index in [2.05, 4.69) is 20.5 Å². The quantitative estimate of drug-likeness (QED) is 0.459. The van der Waals surface area contributed by atoms with E-state index < -0.39 is 0 Å². The number of aliphatic imine (C=N–C) groups is 1. The molecule has 1 atom stereocenters. The molecule has 8 heteroatoms. The van der Waals surface area contributed by atoms with Gasteiger partial charge in [-0.15, -0.1) is 0 Å². The molecule has 27 heavy (non-hydrogen) atoms. The number of hydrogen-bond donors (Lipinski definition) is 3. The summed E-state index contributed by atoms with van der Waals surface area (Å²) in [4.78, 5) is 17.8. The molecule has 0 aliphatic carbocycles. The number of ether oxygens (including phenoxy) is 1. The molecule has 1 aliphatic heterocycles. The number of guanidine groups is 1. The van der Waals surface area contributed by atoms with Crippen LogP contribution in [0.25, 0.3) is 0 Å². The van der Waals surface area contributed by atoms with E-state index in [9.17, 15) is 4.79 Å². The molecule has 1 fully saturated rings. The predicted octanol–water partition coefficient (Wildman–Crippen LogP) is 1.61. The summed E-state index contributed by atoms with van der Waals surface area (Å²) in [7, 11) is 0. The van der Waals surface area contributed by atoms with Crippen molar-refractivity contribution in [2.45, 2.75) is 38.8 Å². The van der Waals surface area contributed by atoms with Gasteiger partial charge in [-0.1, -0.05) is 23.7 Å². The summed E-state index contributed by atoms with van der Waals surface area (Å²) in [6.45, 7) is 7.35. The number of benzene rings is 1. The van der Waals surface area contributed by atoms with Crippen molar-refractivity contribution in [1.29, 1.82) is 0 Å². The van der Waals surface area contributed by atoms with E-state index in [1.165, 1.54) is 0 Å². The highest BCUT2D eigenvalue weighted by molar-refractivity contribution is 6.32. The Bertz CT molecular complexity index is 632. The van der Waals surface area contributed by atoms with Gasteiger partial charge in [0, 0.05) is 25.7 Å². The average Bonchev–Trinajstić information content (AvgIpc) is 2.63. The number of carbonyl (C=O) groups is 1. The van der Waals surface area contributed by atoms with Gasteiger partial charge in [0.1, 0.15) is 11.9 Å². The first-order chi connectivity index (χ1) is 13.0. The summed E-state index contributed by atoms with van der Waals surface area (Å²) < 4.78 is 5.87. The second kappa shape index (κ2) is 11.0. The summed E-state index contributed by atoms with van der Waals surface area (Å²) >= 11 is 6.13. The van der Waals surface area contributed by atoms with Crippen molar-refractivity contribution in [3.63, 3.8) is 0 Å². The summed E-state index contributed by atoms with van der Waals surface area (Å²) in [5.74, 6) is 1.17. The largest absolute Gasteiger partial charge is 0.487 e. The number of hydrogen-bond acceptors (Lipinski definition) is 4. The van der Waals surface area contributed by atoms with Crippen molar-refractivity contribution in [3.05, 3.63) is 29.3 Å². The molecule has 150 valence electrons. The van der Waals surface area contributed by atoms with Gasteiger partial charge in [-0.05, 0) is 38.8 Å². The summed E-state index contributed by atoms with van der Waals surface area (Å²) in [5.41, 5.74) is 5.27. The SMILES string of the molecule is CCNC(=NCC(C)Oc1ccccc1Cl)NC1CCN(CC(N)=O)CC1. The fourth-order valence-electron chi connectivity index (χ4n) is 2.98. The van der Waals surface area contributed by atoms with Crippen LogP contribution in [0, 0.1) is 0 Å². The Morgan fingerprint density at radius 1 is 1.41 bits per heavy atom. The van der Waals surface area contributed by atoms with Gasteiger partial charge in [-0.2, -0.15) is 0 Å². The molecule has 1 amide bonds. The molecule has 1 aromatic carbocycles. The lowest BCUT2D eigenvalue weighted by atomic mass is 10.1. The standard InChI is InChI=1S/C19H30ClN5O2/c1-3-22-19(24-15-8-10-25(11-9-15)13-18(21)26)23-12-14(2)27-17-7-5-4-6-16(17)20/h4-7,14-15H,3,8-13H2,1-2H3,(H2,21,26)(H2,22,23,24). The van der Waals surface area contributed by atoms with Crippen molar-refractivity contribution < 1.29 is 9.53 Å². The van der Waals surface area contributed by atoms with Gasteiger partial charge >= 0.3 is 0 Å². The number of carbonyl (C=O) groups excluding carboxylic acids is 1. The topological polar surface area (TPSA) is 92.0 Å². The first kappa shape index (κ1) is 21.3. The Morgan fingerprint density at radius 3 is 2.74 bits per heavy atom. The fraction of sp³-hybridized carbons (Fsp3) is 0.579. The highest BCUT2D eigenvalue weighted by Crippen LogP contribution is 2.24. The second-order valence-corrected chi connectivity index (χ2v) is 7.15. The van der Waals surface area contributed by atoms with E-state index in [4.69, 9.17) is 22.1 Å². The molecule has 1 heterocycles. The molecule has 0 radical (unpaired) electrons. The van der Waals surface area contributed by atoms with Crippen LogP contribution in [-0.2, 0) is 4.79 Å². The first-order valence-electron chi connectivity index (χ1n) is 9.44. The third-order valence-corrected chi connectivity index (χ3v) is 4.64. The van der Waals surface area contributed by atoms with Gasteiger partial charge in [-0.25, -0.2) is 4.99 Å². The van der Waals surface area contributed by atoms with Crippen LogP contribution in [0.4, 0.5) is 0 Å². The van der Waals surface area contributed by atoms with Crippen molar-refractivity contribution in [2.24, 2.45) is 10.7 Å². The third kappa shape index (κ3) is 7.64. The maximum atomic E-state index is 11.0. The molecular weight excluding hydrogens is 366 g/mol. The summed E-state index contributed by atoms with van der Waals surface area (Å²) in [6.07, 6.45) is 1.80.